The maximum absolute atomic E-state index is 13.8. The highest BCUT2D eigenvalue weighted by Crippen LogP contribution is 2.41. The molecule has 1 saturated heterocycles. The van der Waals surface area contributed by atoms with E-state index in [9.17, 15) is 19.2 Å². The number of thiazole rings is 1. The van der Waals surface area contributed by atoms with Gasteiger partial charge in [-0.15, -0.1) is 34.7 Å². The molecule has 2 atom stereocenters. The van der Waals surface area contributed by atoms with Crippen molar-refractivity contribution in [1.29, 1.82) is 0 Å². The quantitative estimate of drug-likeness (QED) is 0.0571. The third-order valence-electron chi connectivity index (χ3n) is 8.49. The maximum Gasteiger partial charge on any atom is 0.444 e. The van der Waals surface area contributed by atoms with Gasteiger partial charge < -0.3 is 25.0 Å². The van der Waals surface area contributed by atoms with Crippen LogP contribution in [-0.4, -0.2) is 81.0 Å². The molecular formula is C40H40N6O7S2. The summed E-state index contributed by atoms with van der Waals surface area (Å²) in [5.74, 6) is -1.83. The SMILES string of the molecule is C=CCN(OC(=O)C1=CCS[C@H]2C(NC(=O)/C(=N\OC)c3csc(NC(c4ccccc4)(c4ccccc4)c4ccccc4)n3)C(=O)N12)C(=O)OC(C)(C)C. The Hall–Kier alpha value is -5.93. The van der Waals surface area contributed by atoms with E-state index in [0.717, 1.165) is 21.8 Å². The Morgan fingerprint density at radius 3 is 2.09 bits per heavy atom. The molecule has 0 saturated carbocycles. The van der Waals surface area contributed by atoms with Gasteiger partial charge in [0.15, 0.2) is 10.8 Å². The average Bonchev–Trinajstić information content (AvgIpc) is 3.65. The van der Waals surface area contributed by atoms with Gasteiger partial charge in [0.1, 0.15) is 41.1 Å². The first-order valence-corrected chi connectivity index (χ1v) is 19.2. The van der Waals surface area contributed by atoms with E-state index in [1.54, 1.807) is 26.2 Å². The average molecular weight is 781 g/mol. The van der Waals surface area contributed by atoms with Crippen molar-refractivity contribution in [3.8, 4) is 0 Å². The summed E-state index contributed by atoms with van der Waals surface area (Å²) in [6, 6.07) is 29.1. The second kappa shape index (κ2) is 16.6. The first-order valence-electron chi connectivity index (χ1n) is 17.3. The predicted molar refractivity (Wildman–Crippen MR) is 211 cm³/mol. The van der Waals surface area contributed by atoms with Crippen LogP contribution in [0.5, 0.6) is 0 Å². The van der Waals surface area contributed by atoms with Crippen LogP contribution in [0, 0.1) is 0 Å². The number of nitrogens with zero attached hydrogens (tertiary/aromatic N) is 4. The molecule has 2 aliphatic rings. The van der Waals surface area contributed by atoms with E-state index in [2.05, 4.69) is 22.4 Å². The molecule has 3 aromatic carbocycles. The van der Waals surface area contributed by atoms with Crippen molar-refractivity contribution in [2.24, 2.45) is 5.16 Å². The third-order valence-corrected chi connectivity index (χ3v) is 10.4. The zero-order chi connectivity index (χ0) is 39.2. The number of ether oxygens (including phenoxy) is 1. The number of rotatable bonds is 12. The minimum absolute atomic E-state index is 0.0587. The van der Waals surface area contributed by atoms with Gasteiger partial charge in [-0.25, -0.2) is 14.6 Å². The fourth-order valence-corrected chi connectivity index (χ4v) is 8.09. The van der Waals surface area contributed by atoms with Crippen LogP contribution in [0.1, 0.15) is 43.2 Å². The zero-order valence-corrected chi connectivity index (χ0v) is 32.3. The standard InChI is InChI=1S/C40H40N6O7S2/c1-6-23-45(38(50)52-39(2,3)4)53-36(49)30-22-24-54-35-32(34(48)46(30)35)42-33(47)31(44-51-5)29-25-55-37(41-29)43-40(26-16-10-7-11-17-26,27-18-12-8-13-19-27)28-20-14-9-15-21-28/h6-22,25,32,35H,1,23-24H2,2-5H3,(H,41,43)(H,42,47)/b44-31-/t32?,35-/m0/s1. The van der Waals surface area contributed by atoms with Crippen LogP contribution < -0.4 is 10.6 Å². The van der Waals surface area contributed by atoms with Crippen LogP contribution in [0.15, 0.2) is 126 Å². The van der Waals surface area contributed by atoms with Crippen molar-refractivity contribution in [1.82, 2.24) is 20.3 Å². The smallest absolute Gasteiger partial charge is 0.442 e. The number of fused-ring (bicyclic) bond motifs is 1. The summed E-state index contributed by atoms with van der Waals surface area (Å²) in [7, 11) is 1.31. The van der Waals surface area contributed by atoms with Crippen LogP contribution >= 0.6 is 23.1 Å². The number of β-lactam (4-membered cyclic amide) rings is 1. The van der Waals surface area contributed by atoms with Gasteiger partial charge in [-0.1, -0.05) is 102 Å². The van der Waals surface area contributed by atoms with Gasteiger partial charge in [0.25, 0.3) is 11.8 Å². The van der Waals surface area contributed by atoms with Gasteiger partial charge in [-0.2, -0.15) is 0 Å². The largest absolute Gasteiger partial charge is 0.444 e. The summed E-state index contributed by atoms with van der Waals surface area (Å²) in [4.78, 5) is 69.7. The summed E-state index contributed by atoms with van der Waals surface area (Å²) < 4.78 is 5.33. The summed E-state index contributed by atoms with van der Waals surface area (Å²) in [6.07, 6.45) is 2.01. The fraction of sp³-hybridized carbons (Fsp3) is 0.250. The molecule has 2 N–H and O–H groups in total. The summed E-state index contributed by atoms with van der Waals surface area (Å²) >= 11 is 2.63. The van der Waals surface area contributed by atoms with Gasteiger partial charge in [-0.05, 0) is 43.5 Å². The van der Waals surface area contributed by atoms with Gasteiger partial charge in [0.2, 0.25) is 0 Å². The molecule has 15 heteroatoms. The highest BCUT2D eigenvalue weighted by Gasteiger charge is 2.53. The summed E-state index contributed by atoms with van der Waals surface area (Å²) in [6.45, 7) is 8.50. The molecule has 284 valence electrons. The number of hydrogen-bond acceptors (Lipinski definition) is 12. The Morgan fingerprint density at radius 2 is 1.56 bits per heavy atom. The number of anilines is 1. The molecule has 3 amide bonds. The molecular weight excluding hydrogens is 741 g/mol. The van der Waals surface area contributed by atoms with Gasteiger partial charge in [0, 0.05) is 11.1 Å². The van der Waals surface area contributed by atoms with Crippen molar-refractivity contribution in [3.05, 3.63) is 143 Å². The summed E-state index contributed by atoms with van der Waals surface area (Å²) in [5.41, 5.74) is 1.24. The molecule has 1 aromatic heterocycles. The second-order valence-corrected chi connectivity index (χ2v) is 15.3. The lowest BCUT2D eigenvalue weighted by Gasteiger charge is -2.48. The van der Waals surface area contributed by atoms with Crippen LogP contribution in [-0.2, 0) is 34.3 Å². The highest BCUT2D eigenvalue weighted by atomic mass is 32.2. The molecule has 2 aliphatic heterocycles. The van der Waals surface area contributed by atoms with Crippen molar-refractivity contribution in [2.45, 2.75) is 43.3 Å². The molecule has 4 aromatic rings. The third kappa shape index (κ3) is 8.27. The topological polar surface area (TPSA) is 152 Å². The van der Waals surface area contributed by atoms with Gasteiger partial charge >= 0.3 is 12.1 Å². The van der Waals surface area contributed by atoms with E-state index in [1.807, 2.05) is 91.0 Å². The molecule has 1 unspecified atom stereocenters. The lowest BCUT2D eigenvalue weighted by atomic mass is 9.77. The highest BCUT2D eigenvalue weighted by molar-refractivity contribution is 8.00. The van der Waals surface area contributed by atoms with E-state index >= 15 is 0 Å². The Balaban J connectivity index is 1.20. The Morgan fingerprint density at radius 1 is 0.982 bits per heavy atom. The van der Waals surface area contributed by atoms with Crippen molar-refractivity contribution in [2.75, 3.05) is 24.7 Å². The number of oxime groups is 1. The Kier molecular flexibility index (Phi) is 11.7. The van der Waals surface area contributed by atoms with Crippen molar-refractivity contribution >= 4 is 57.8 Å². The molecule has 1 fully saturated rings. The minimum Gasteiger partial charge on any atom is -0.442 e. The van der Waals surface area contributed by atoms with Crippen molar-refractivity contribution in [3.63, 3.8) is 0 Å². The number of hydrogen-bond donors (Lipinski definition) is 2. The van der Waals surface area contributed by atoms with E-state index in [-0.39, 0.29) is 23.6 Å². The molecule has 55 heavy (non-hydrogen) atoms. The molecule has 0 radical (unpaired) electrons. The maximum atomic E-state index is 13.8. The lowest BCUT2D eigenvalue weighted by molar-refractivity contribution is -0.181. The monoisotopic (exact) mass is 780 g/mol. The molecule has 6 rings (SSSR count). The number of thioether (sulfide) groups is 1. The second-order valence-electron chi connectivity index (χ2n) is 13.3. The molecule has 13 nitrogen and oxygen atoms in total. The number of hydroxylamine groups is 2. The van der Waals surface area contributed by atoms with Crippen LogP contribution in [0.25, 0.3) is 0 Å². The normalized spacial score (nSPS) is 16.8. The molecule has 0 aliphatic carbocycles. The number of nitrogens with one attached hydrogen (secondary N) is 2. The van der Waals surface area contributed by atoms with Gasteiger partial charge in [-0.3, -0.25) is 14.5 Å². The van der Waals surface area contributed by atoms with E-state index in [4.69, 9.17) is 19.4 Å². The number of amides is 3. The molecule has 0 spiro atoms. The number of carbonyl (C=O) groups excluding carboxylic acids is 4. The van der Waals surface area contributed by atoms with Crippen LogP contribution in [0.3, 0.4) is 0 Å². The number of benzene rings is 3. The first kappa shape index (κ1) is 38.8. The predicted octanol–water partition coefficient (Wildman–Crippen LogP) is 6.06. The van der Waals surface area contributed by atoms with Crippen molar-refractivity contribution < 1.29 is 33.6 Å². The van der Waals surface area contributed by atoms with E-state index in [0.29, 0.717) is 10.9 Å². The van der Waals surface area contributed by atoms with Gasteiger partial charge in [0.05, 0.1) is 6.54 Å². The lowest BCUT2D eigenvalue weighted by Crippen LogP contribution is -2.70. The van der Waals surface area contributed by atoms with Crippen LogP contribution in [0.2, 0.25) is 0 Å². The number of aromatic nitrogens is 1. The van der Waals surface area contributed by atoms with Crippen LogP contribution in [0.4, 0.5) is 9.93 Å². The summed E-state index contributed by atoms with van der Waals surface area (Å²) in [5, 5.41) is 12.7. The molecule has 0 bridgehead atoms. The first-order chi connectivity index (χ1) is 26.5. The minimum atomic E-state index is -0.996. The van der Waals surface area contributed by atoms with E-state index in [1.165, 1.54) is 47.3 Å². The number of carbonyl (C=O) groups is 4. The Bertz CT molecular complexity index is 2010. The zero-order valence-electron chi connectivity index (χ0n) is 30.6. The molecule has 3 heterocycles. The van der Waals surface area contributed by atoms with E-state index < -0.39 is 46.4 Å². The Labute approximate surface area is 327 Å². The fourth-order valence-electron chi connectivity index (χ4n) is 6.14.